The van der Waals surface area contributed by atoms with E-state index >= 15 is 8.78 Å². The van der Waals surface area contributed by atoms with Gasteiger partial charge in [-0.25, -0.2) is 0 Å². The first-order valence-electron chi connectivity index (χ1n) is 13.5. The number of hydrogen-bond donors (Lipinski definition) is 2. The summed E-state index contributed by atoms with van der Waals surface area (Å²) < 4.78 is 35.5. The first kappa shape index (κ1) is 27.3. The molecule has 2 aliphatic carbocycles. The Morgan fingerprint density at radius 1 is 1.10 bits per heavy atom. The van der Waals surface area contributed by atoms with Crippen molar-refractivity contribution in [1.82, 2.24) is 4.98 Å². The zero-order valence-corrected chi connectivity index (χ0v) is 22.1. The molecule has 0 bridgehead atoms. The summed E-state index contributed by atoms with van der Waals surface area (Å²) in [5.41, 5.74) is 3.20. The van der Waals surface area contributed by atoms with Crippen molar-refractivity contribution in [2.24, 2.45) is 5.92 Å². The minimum atomic E-state index is -3.36. The van der Waals surface area contributed by atoms with Gasteiger partial charge < -0.3 is 14.6 Å². The highest BCUT2D eigenvalue weighted by Crippen LogP contribution is 2.43. The van der Waals surface area contributed by atoms with Crippen LogP contribution in [0.15, 0.2) is 84.4 Å². The second-order valence-corrected chi connectivity index (χ2v) is 10.2. The molecule has 5 rings (SSSR count). The van der Waals surface area contributed by atoms with E-state index in [0.29, 0.717) is 73.4 Å². The van der Waals surface area contributed by atoms with Crippen molar-refractivity contribution in [3.63, 3.8) is 0 Å². The zero-order chi connectivity index (χ0) is 28.3. The largest absolute Gasteiger partial charge is 0.507 e. The number of furan rings is 1. The predicted molar refractivity (Wildman–Crippen MR) is 151 cm³/mol. The molecule has 7 heteroatoms. The fourth-order valence-electron chi connectivity index (χ4n) is 5.61. The minimum Gasteiger partial charge on any atom is -0.507 e. The Hall–Kier alpha value is -4.26. The van der Waals surface area contributed by atoms with Crippen LogP contribution in [0.5, 0.6) is 11.5 Å². The van der Waals surface area contributed by atoms with E-state index in [0.717, 1.165) is 5.57 Å². The van der Waals surface area contributed by atoms with Gasteiger partial charge in [-0.15, -0.1) is 0 Å². The van der Waals surface area contributed by atoms with E-state index in [1.54, 1.807) is 24.4 Å². The standard InChI is InChI=1S/C33H31F2NO4/c1-2-33(34,35)28-19-23(24-16-18-40-20-24)11-5-12-26-25(28)14-15-27(32(26)39)31(38)22-9-3-7-21(8-4-10-22)30-29(37)13-6-17-36-30/h2,6-7,11,13-20,22,37,39H,1,3-5,8-10,12H2/b21-7?,23-11?,28-19+. The van der Waals surface area contributed by atoms with E-state index in [9.17, 15) is 15.0 Å². The molecule has 0 fully saturated rings. The fourth-order valence-corrected chi connectivity index (χ4v) is 5.61. The van der Waals surface area contributed by atoms with E-state index in [2.05, 4.69) is 11.6 Å². The van der Waals surface area contributed by atoms with Gasteiger partial charge in [0.1, 0.15) is 17.2 Å². The average molecular weight is 544 g/mol. The van der Waals surface area contributed by atoms with Crippen LogP contribution in [0.2, 0.25) is 0 Å². The number of aromatic hydroxyl groups is 2. The first-order valence-corrected chi connectivity index (χ1v) is 13.5. The van der Waals surface area contributed by atoms with Gasteiger partial charge in [0.2, 0.25) is 0 Å². The molecule has 0 spiro atoms. The van der Waals surface area contributed by atoms with Gasteiger partial charge in [-0.3, -0.25) is 9.78 Å². The number of halogens is 2. The number of ketones is 1. The third kappa shape index (κ3) is 5.41. The Morgan fingerprint density at radius 3 is 2.70 bits per heavy atom. The van der Waals surface area contributed by atoms with Crippen molar-refractivity contribution in [1.29, 1.82) is 0 Å². The molecule has 5 nitrogen and oxygen atoms in total. The number of phenols is 1. The molecule has 0 radical (unpaired) electrons. The molecular weight excluding hydrogens is 512 g/mol. The summed E-state index contributed by atoms with van der Waals surface area (Å²) in [5, 5.41) is 21.5. The highest BCUT2D eigenvalue weighted by Gasteiger charge is 2.35. The Bertz CT molecular complexity index is 1520. The fraction of sp³-hybridized carbons (Fsp3) is 0.273. The summed E-state index contributed by atoms with van der Waals surface area (Å²) in [6.07, 6.45) is 14.4. The van der Waals surface area contributed by atoms with Crippen LogP contribution in [-0.4, -0.2) is 26.9 Å². The molecule has 0 aliphatic heterocycles. The number of carbonyl (C=O) groups excluding carboxylic acids is 1. The van der Waals surface area contributed by atoms with Crippen molar-refractivity contribution in [2.45, 2.75) is 50.9 Å². The number of nitrogens with zero attached hydrogens (tertiary/aromatic N) is 1. The lowest BCUT2D eigenvalue weighted by Gasteiger charge is -2.24. The van der Waals surface area contributed by atoms with Crippen LogP contribution in [-0.2, 0) is 6.42 Å². The number of fused-ring (bicyclic) bond motifs is 1. The zero-order valence-electron chi connectivity index (χ0n) is 22.1. The van der Waals surface area contributed by atoms with Gasteiger partial charge >= 0.3 is 0 Å². The third-order valence-electron chi connectivity index (χ3n) is 7.73. The van der Waals surface area contributed by atoms with E-state index in [-0.39, 0.29) is 39.9 Å². The Kier molecular flexibility index (Phi) is 7.83. The number of carbonyl (C=O) groups is 1. The molecule has 2 aliphatic rings. The number of Topliss-reactive ketones (excluding diaryl/α,β-unsaturated/α-hetero) is 1. The number of phenolic OH excluding ortho intramolecular Hbond substituents is 1. The van der Waals surface area contributed by atoms with Gasteiger partial charge in [0, 0.05) is 28.8 Å². The van der Waals surface area contributed by atoms with E-state index < -0.39 is 5.92 Å². The van der Waals surface area contributed by atoms with Crippen molar-refractivity contribution in [3.8, 4) is 11.5 Å². The summed E-state index contributed by atoms with van der Waals surface area (Å²) in [6, 6.07) is 7.99. The monoisotopic (exact) mass is 543 g/mol. The summed E-state index contributed by atoms with van der Waals surface area (Å²) in [6.45, 7) is 3.33. The van der Waals surface area contributed by atoms with Gasteiger partial charge in [-0.2, -0.15) is 8.78 Å². The maximum absolute atomic E-state index is 15.2. The predicted octanol–water partition coefficient (Wildman–Crippen LogP) is 8.17. The van der Waals surface area contributed by atoms with Crippen LogP contribution in [0.4, 0.5) is 8.78 Å². The molecule has 0 amide bonds. The number of aromatic nitrogens is 1. The van der Waals surface area contributed by atoms with Crippen LogP contribution >= 0.6 is 0 Å². The highest BCUT2D eigenvalue weighted by molar-refractivity contribution is 6.01. The van der Waals surface area contributed by atoms with Crippen LogP contribution in [0.3, 0.4) is 0 Å². The molecule has 1 aromatic carbocycles. The molecule has 40 heavy (non-hydrogen) atoms. The SMILES string of the molecule is C=CC(F)(F)/C1=C/C(c2ccoc2)=CCCc2c1ccc(C(=O)C1CCC=C(c3ncccc3O)CCC1)c2O. The summed E-state index contributed by atoms with van der Waals surface area (Å²) in [5.74, 6) is -3.96. The van der Waals surface area contributed by atoms with Crippen LogP contribution in [0, 0.1) is 5.92 Å². The van der Waals surface area contributed by atoms with E-state index in [4.69, 9.17) is 4.42 Å². The molecule has 1 atom stereocenters. The van der Waals surface area contributed by atoms with Gasteiger partial charge in [-0.05, 0) is 98.1 Å². The Labute approximate surface area is 231 Å². The second-order valence-electron chi connectivity index (χ2n) is 10.2. The molecule has 2 heterocycles. The molecule has 206 valence electrons. The van der Waals surface area contributed by atoms with E-state index in [1.807, 2.05) is 12.2 Å². The number of rotatable bonds is 6. The molecule has 3 aromatic rings. The van der Waals surface area contributed by atoms with Gasteiger partial charge in [0.15, 0.2) is 5.78 Å². The quantitative estimate of drug-likeness (QED) is 0.242. The Morgan fingerprint density at radius 2 is 1.95 bits per heavy atom. The van der Waals surface area contributed by atoms with Gasteiger partial charge in [0.25, 0.3) is 5.92 Å². The lowest BCUT2D eigenvalue weighted by molar-refractivity contribution is 0.0902. The normalized spacial score (nSPS) is 19.4. The number of alkyl halides is 2. The van der Waals surface area contributed by atoms with Crippen molar-refractivity contribution in [2.75, 3.05) is 0 Å². The van der Waals surface area contributed by atoms with Crippen LogP contribution in [0.1, 0.15) is 71.3 Å². The maximum Gasteiger partial charge on any atom is 0.292 e. The van der Waals surface area contributed by atoms with Crippen molar-refractivity contribution < 1.29 is 28.2 Å². The van der Waals surface area contributed by atoms with Crippen LogP contribution < -0.4 is 0 Å². The van der Waals surface area contributed by atoms with Crippen LogP contribution in [0.25, 0.3) is 16.7 Å². The van der Waals surface area contributed by atoms with Gasteiger partial charge in [0.05, 0.1) is 18.1 Å². The Balaban J connectivity index is 1.44. The topological polar surface area (TPSA) is 83.6 Å². The van der Waals surface area contributed by atoms with Crippen molar-refractivity contribution >= 4 is 22.5 Å². The average Bonchev–Trinajstić information content (AvgIpc) is 3.45. The number of hydrogen-bond acceptors (Lipinski definition) is 5. The second kappa shape index (κ2) is 11.5. The lowest BCUT2D eigenvalue weighted by Crippen LogP contribution is -2.19. The van der Waals surface area contributed by atoms with Crippen molar-refractivity contribution in [3.05, 3.63) is 108 Å². The number of allylic oxidation sites excluding steroid dienone is 7. The smallest absolute Gasteiger partial charge is 0.292 e. The summed E-state index contributed by atoms with van der Waals surface area (Å²) in [7, 11) is 0. The first-order chi connectivity index (χ1) is 19.3. The number of benzene rings is 1. The third-order valence-corrected chi connectivity index (χ3v) is 7.73. The molecule has 1 unspecified atom stereocenters. The maximum atomic E-state index is 15.2. The molecule has 0 saturated carbocycles. The molecule has 2 aromatic heterocycles. The van der Waals surface area contributed by atoms with E-state index in [1.165, 1.54) is 30.7 Å². The summed E-state index contributed by atoms with van der Waals surface area (Å²) >= 11 is 0. The lowest BCUT2D eigenvalue weighted by atomic mass is 9.82. The van der Waals surface area contributed by atoms with Gasteiger partial charge in [-0.1, -0.05) is 24.8 Å². The highest BCUT2D eigenvalue weighted by atomic mass is 19.3. The minimum absolute atomic E-state index is 0.134. The molecule has 2 N–H and O–H groups in total. The number of pyridine rings is 1. The summed E-state index contributed by atoms with van der Waals surface area (Å²) in [4.78, 5) is 17.9. The molecule has 0 saturated heterocycles. The molecular formula is C33H31F2NO4.